The molecule has 2 fully saturated rings. The van der Waals surface area contributed by atoms with Crippen LogP contribution < -0.4 is 0 Å². The quantitative estimate of drug-likeness (QED) is 0.251. The molecule has 3 aromatic rings. The van der Waals surface area contributed by atoms with Crippen LogP contribution in [0.5, 0.6) is 0 Å². The molecule has 9 atom stereocenters. The van der Waals surface area contributed by atoms with Gasteiger partial charge >= 0.3 is 17.9 Å². The summed E-state index contributed by atoms with van der Waals surface area (Å²) in [6.07, 6.45) is -13.0. The minimum atomic E-state index is -1.71. The first-order valence-corrected chi connectivity index (χ1v) is 14.0. The Bertz CT molecular complexity index is 1400. The summed E-state index contributed by atoms with van der Waals surface area (Å²) in [5.41, 5.74) is 0.566. The Morgan fingerprint density at radius 3 is 1.59 bits per heavy atom. The fourth-order valence-corrected chi connectivity index (χ4v) is 4.91. The summed E-state index contributed by atoms with van der Waals surface area (Å²) in [7, 11) is 0. The van der Waals surface area contributed by atoms with Crippen LogP contribution >= 0.6 is 0 Å². The number of hydrogen-bond donors (Lipinski definition) is 3. The molecule has 3 N–H and O–H groups in total. The molecule has 12 heteroatoms. The van der Waals surface area contributed by atoms with Gasteiger partial charge in [0.1, 0.15) is 18.3 Å². The van der Waals surface area contributed by atoms with E-state index in [1.54, 1.807) is 66.7 Å². The first-order valence-electron chi connectivity index (χ1n) is 14.0. The summed E-state index contributed by atoms with van der Waals surface area (Å²) in [5.74, 6) is -2.37. The van der Waals surface area contributed by atoms with E-state index in [2.05, 4.69) is 0 Å². The third-order valence-corrected chi connectivity index (χ3v) is 7.24. The summed E-state index contributed by atoms with van der Waals surface area (Å²) in [4.78, 5) is 39.6. The summed E-state index contributed by atoms with van der Waals surface area (Å²) < 4.78 is 34.6. The molecule has 0 unspecified atom stereocenters. The molecule has 0 aliphatic carbocycles. The van der Waals surface area contributed by atoms with Gasteiger partial charge in [-0.2, -0.15) is 0 Å². The van der Waals surface area contributed by atoms with Crippen molar-refractivity contribution in [1.82, 2.24) is 0 Å². The number of carbonyl (C=O) groups is 3. The molecule has 0 saturated carbocycles. The third-order valence-electron chi connectivity index (χ3n) is 7.24. The Morgan fingerprint density at radius 1 is 0.636 bits per heavy atom. The van der Waals surface area contributed by atoms with E-state index < -0.39 is 73.2 Å². The minimum Gasteiger partial charge on any atom is -0.452 e. The Hall–Kier alpha value is -4.17. The first-order chi connectivity index (χ1) is 21.2. The zero-order valence-electron chi connectivity index (χ0n) is 23.6. The normalized spacial score (nSPS) is 30.1. The largest absolute Gasteiger partial charge is 0.452 e. The highest BCUT2D eigenvalue weighted by atomic mass is 16.7. The van der Waals surface area contributed by atoms with Gasteiger partial charge in [0.25, 0.3) is 0 Å². The van der Waals surface area contributed by atoms with Crippen molar-refractivity contribution >= 4 is 17.9 Å². The van der Waals surface area contributed by atoms with Crippen molar-refractivity contribution in [3.8, 4) is 0 Å². The highest BCUT2D eigenvalue weighted by Crippen LogP contribution is 2.31. The van der Waals surface area contributed by atoms with Gasteiger partial charge in [0.15, 0.2) is 30.9 Å². The van der Waals surface area contributed by atoms with Crippen LogP contribution in [0.2, 0.25) is 0 Å². The van der Waals surface area contributed by atoms with Gasteiger partial charge in [-0.25, -0.2) is 14.4 Å². The topological polar surface area (TPSA) is 167 Å². The van der Waals surface area contributed by atoms with Crippen LogP contribution in [0.4, 0.5) is 0 Å². The molecule has 5 rings (SSSR count). The number of hydrogen-bond acceptors (Lipinski definition) is 12. The van der Waals surface area contributed by atoms with Crippen LogP contribution in [0.3, 0.4) is 0 Å². The molecule has 0 bridgehead atoms. The molecule has 232 valence electrons. The molecule has 2 heterocycles. The van der Waals surface area contributed by atoms with E-state index in [4.69, 9.17) is 28.4 Å². The van der Waals surface area contributed by atoms with Crippen LogP contribution in [0.15, 0.2) is 91.0 Å². The smallest absolute Gasteiger partial charge is 0.338 e. The van der Waals surface area contributed by atoms with Gasteiger partial charge in [-0.3, -0.25) is 0 Å². The molecule has 0 amide bonds. The first kappa shape index (κ1) is 31.3. The number of carbonyl (C=O) groups excluding carboxylic acids is 3. The zero-order valence-corrected chi connectivity index (χ0v) is 23.6. The van der Waals surface area contributed by atoms with E-state index in [9.17, 15) is 29.7 Å². The van der Waals surface area contributed by atoms with Crippen LogP contribution in [0.25, 0.3) is 0 Å². The minimum absolute atomic E-state index is 0.163. The fraction of sp³-hybridized carbons (Fsp3) is 0.344. The van der Waals surface area contributed by atoms with Crippen molar-refractivity contribution in [2.24, 2.45) is 0 Å². The molecule has 2 aliphatic heterocycles. The average Bonchev–Trinajstić information content (AvgIpc) is 3.05. The fourth-order valence-electron chi connectivity index (χ4n) is 4.91. The van der Waals surface area contributed by atoms with Crippen molar-refractivity contribution in [2.45, 2.75) is 62.2 Å². The third kappa shape index (κ3) is 7.13. The van der Waals surface area contributed by atoms with E-state index in [0.717, 1.165) is 0 Å². The molecule has 0 aromatic heterocycles. The Kier molecular flexibility index (Phi) is 10.0. The molecule has 2 saturated heterocycles. The van der Waals surface area contributed by atoms with Crippen molar-refractivity contribution in [3.05, 3.63) is 108 Å². The molecule has 12 nitrogen and oxygen atoms in total. The maximum absolute atomic E-state index is 13.3. The summed E-state index contributed by atoms with van der Waals surface area (Å²) in [6.45, 7) is 1.13. The predicted octanol–water partition coefficient (Wildman–Crippen LogP) is 1.86. The summed E-state index contributed by atoms with van der Waals surface area (Å²) in [6, 6.07) is 24.1. The lowest BCUT2D eigenvalue weighted by Gasteiger charge is -2.45. The Labute approximate surface area is 252 Å². The highest BCUT2D eigenvalue weighted by Gasteiger charge is 2.52. The van der Waals surface area contributed by atoms with Crippen molar-refractivity contribution in [1.29, 1.82) is 0 Å². The van der Waals surface area contributed by atoms with Gasteiger partial charge in [0, 0.05) is 0 Å². The second kappa shape index (κ2) is 14.1. The van der Waals surface area contributed by atoms with Crippen LogP contribution in [-0.2, 0) is 28.4 Å². The summed E-state index contributed by atoms with van der Waals surface area (Å²) in [5, 5.41) is 30.8. The van der Waals surface area contributed by atoms with Crippen LogP contribution in [0, 0.1) is 0 Å². The molecule has 0 radical (unpaired) electrons. The second-order valence-corrected chi connectivity index (χ2v) is 10.3. The van der Waals surface area contributed by atoms with Gasteiger partial charge in [0.05, 0.1) is 29.4 Å². The number of rotatable bonds is 8. The number of aliphatic hydroxyl groups excluding tert-OH is 3. The summed E-state index contributed by atoms with van der Waals surface area (Å²) >= 11 is 0. The van der Waals surface area contributed by atoms with E-state index >= 15 is 0 Å². The molecule has 0 spiro atoms. The lowest BCUT2D eigenvalue weighted by atomic mass is 9.99. The zero-order chi connectivity index (χ0) is 31.2. The average molecular weight is 609 g/mol. The van der Waals surface area contributed by atoms with Crippen molar-refractivity contribution in [2.75, 3.05) is 6.61 Å². The SMILES string of the molecule is C[C@@H]1O[C@@H](O)[C@H](O)[C@H](O)[C@H]1O[C@H]1OC[C@H](OC(=O)c2ccccc2)[C@@H](OC(=O)c2ccccc2)[C@@H]1OC(=O)c1ccccc1. The van der Waals surface area contributed by atoms with Crippen molar-refractivity contribution in [3.63, 3.8) is 0 Å². The monoisotopic (exact) mass is 608 g/mol. The van der Waals surface area contributed by atoms with E-state index in [-0.39, 0.29) is 23.3 Å². The highest BCUT2D eigenvalue weighted by molar-refractivity contribution is 5.91. The van der Waals surface area contributed by atoms with Crippen LogP contribution in [-0.4, -0.2) is 95.1 Å². The van der Waals surface area contributed by atoms with Crippen molar-refractivity contribution < 1.29 is 58.1 Å². The predicted molar refractivity (Wildman–Crippen MR) is 150 cm³/mol. The molecular formula is C32H32O12. The number of esters is 3. The molecule has 3 aromatic carbocycles. The van der Waals surface area contributed by atoms with Gasteiger partial charge in [-0.05, 0) is 43.3 Å². The maximum Gasteiger partial charge on any atom is 0.338 e. The Morgan fingerprint density at radius 2 is 1.09 bits per heavy atom. The molecule has 44 heavy (non-hydrogen) atoms. The molecular weight excluding hydrogens is 576 g/mol. The number of aliphatic hydroxyl groups is 3. The van der Waals surface area contributed by atoms with Gasteiger partial charge in [0.2, 0.25) is 0 Å². The standard InChI is InChI=1S/C32H32O12/c1-18-25(23(33)24(34)31(38)40-18)44-32-27(43-30(37)21-15-9-4-10-16-21)26(42-29(36)20-13-7-3-8-14-20)22(17-39-32)41-28(35)19-11-5-2-6-12-19/h2-16,18,22-27,31-34,38H,17H2,1H3/t18-,22-,23-,24+,25-,26+,27-,31+,32+/m0/s1. The van der Waals surface area contributed by atoms with E-state index in [0.29, 0.717) is 0 Å². The Balaban J connectivity index is 1.48. The van der Waals surface area contributed by atoms with Crippen LogP contribution in [0.1, 0.15) is 38.0 Å². The molecule has 2 aliphatic rings. The lowest BCUT2D eigenvalue weighted by molar-refractivity contribution is -0.336. The van der Waals surface area contributed by atoms with Gasteiger partial charge in [-0.1, -0.05) is 54.6 Å². The van der Waals surface area contributed by atoms with E-state index in [1.165, 1.54) is 31.2 Å². The van der Waals surface area contributed by atoms with Gasteiger partial charge < -0.3 is 43.7 Å². The number of ether oxygens (including phenoxy) is 6. The van der Waals surface area contributed by atoms with E-state index in [1.807, 2.05) is 0 Å². The van der Waals surface area contributed by atoms with Gasteiger partial charge in [-0.15, -0.1) is 0 Å². The lowest BCUT2D eigenvalue weighted by Crippen LogP contribution is -2.63. The second-order valence-electron chi connectivity index (χ2n) is 10.3. The maximum atomic E-state index is 13.3. The number of benzene rings is 3.